The van der Waals surface area contributed by atoms with Crippen LogP contribution < -0.4 is 9.47 Å². The minimum absolute atomic E-state index is 0.213. The standard InChI is InChI=1S/C17H15ClN4O2S/c1-23-15-4-2-3-12(9-15)10-19-22-16(20-21-17(22)25)11-24-14-7-5-13(18)6-8-14/h2-10H,11H2,1H3,(H,21,25)/b19-10-. The Morgan fingerprint density at radius 3 is 2.80 bits per heavy atom. The van der Waals surface area contributed by atoms with Gasteiger partial charge in [-0.05, 0) is 54.2 Å². The van der Waals surface area contributed by atoms with Gasteiger partial charge >= 0.3 is 0 Å². The zero-order valence-corrected chi connectivity index (χ0v) is 14.9. The maximum atomic E-state index is 5.86. The van der Waals surface area contributed by atoms with E-state index in [0.717, 1.165) is 11.3 Å². The second kappa shape index (κ2) is 7.96. The zero-order chi connectivity index (χ0) is 17.6. The molecule has 0 aliphatic carbocycles. The molecule has 0 atom stereocenters. The van der Waals surface area contributed by atoms with Crippen molar-refractivity contribution >= 4 is 30.0 Å². The van der Waals surface area contributed by atoms with Crippen LogP contribution in [0.4, 0.5) is 0 Å². The molecule has 0 aliphatic heterocycles. The third-order valence-corrected chi connectivity index (χ3v) is 3.83. The van der Waals surface area contributed by atoms with Crippen LogP contribution in [0.2, 0.25) is 5.02 Å². The van der Waals surface area contributed by atoms with Crippen LogP contribution in [-0.2, 0) is 6.61 Å². The lowest BCUT2D eigenvalue weighted by atomic mass is 10.2. The highest BCUT2D eigenvalue weighted by atomic mass is 35.5. The van der Waals surface area contributed by atoms with E-state index in [0.29, 0.717) is 21.4 Å². The fraction of sp³-hybridized carbons (Fsp3) is 0.118. The van der Waals surface area contributed by atoms with Crippen LogP contribution in [0.5, 0.6) is 11.5 Å². The first-order valence-corrected chi connectivity index (χ1v) is 8.17. The Morgan fingerprint density at radius 2 is 2.04 bits per heavy atom. The molecule has 0 saturated heterocycles. The number of hydrogen-bond donors (Lipinski definition) is 1. The van der Waals surface area contributed by atoms with Crippen molar-refractivity contribution < 1.29 is 9.47 Å². The summed E-state index contributed by atoms with van der Waals surface area (Å²) in [5.74, 6) is 1.99. The molecule has 8 heteroatoms. The summed E-state index contributed by atoms with van der Waals surface area (Å²) >= 11 is 11.1. The molecule has 0 amide bonds. The minimum Gasteiger partial charge on any atom is -0.497 e. The Kier molecular flexibility index (Phi) is 5.47. The maximum Gasteiger partial charge on any atom is 0.216 e. The lowest BCUT2D eigenvalue weighted by Crippen LogP contribution is -2.04. The summed E-state index contributed by atoms with van der Waals surface area (Å²) in [7, 11) is 1.62. The fourth-order valence-electron chi connectivity index (χ4n) is 2.06. The number of aromatic nitrogens is 3. The van der Waals surface area contributed by atoms with E-state index in [9.17, 15) is 0 Å². The Hall–Kier alpha value is -2.64. The highest BCUT2D eigenvalue weighted by molar-refractivity contribution is 7.71. The van der Waals surface area contributed by atoms with Gasteiger partial charge in [0.15, 0.2) is 5.82 Å². The van der Waals surface area contributed by atoms with Crippen molar-refractivity contribution in [3.05, 3.63) is 69.7 Å². The molecule has 0 aliphatic rings. The predicted molar refractivity (Wildman–Crippen MR) is 99.2 cm³/mol. The van der Waals surface area contributed by atoms with Gasteiger partial charge in [-0.3, -0.25) is 0 Å². The van der Waals surface area contributed by atoms with Gasteiger partial charge in [0.05, 0.1) is 13.3 Å². The van der Waals surface area contributed by atoms with Gasteiger partial charge in [0, 0.05) is 5.02 Å². The van der Waals surface area contributed by atoms with E-state index in [2.05, 4.69) is 15.3 Å². The number of nitrogens with zero attached hydrogens (tertiary/aromatic N) is 3. The topological polar surface area (TPSA) is 64.4 Å². The lowest BCUT2D eigenvalue weighted by molar-refractivity contribution is 0.290. The monoisotopic (exact) mass is 374 g/mol. The van der Waals surface area contributed by atoms with E-state index in [1.807, 2.05) is 24.3 Å². The Bertz CT molecular complexity index is 934. The van der Waals surface area contributed by atoms with E-state index in [1.54, 1.807) is 37.6 Å². The molecule has 3 rings (SSSR count). The molecule has 1 N–H and O–H groups in total. The van der Waals surface area contributed by atoms with Crippen molar-refractivity contribution in [3.63, 3.8) is 0 Å². The number of nitrogens with one attached hydrogen (secondary N) is 1. The minimum atomic E-state index is 0.213. The molecule has 0 bridgehead atoms. The largest absolute Gasteiger partial charge is 0.497 e. The molecular weight excluding hydrogens is 360 g/mol. The number of aromatic amines is 1. The Morgan fingerprint density at radius 1 is 1.24 bits per heavy atom. The number of hydrogen-bond acceptors (Lipinski definition) is 5. The van der Waals surface area contributed by atoms with E-state index in [4.69, 9.17) is 33.3 Å². The molecule has 3 aromatic rings. The van der Waals surface area contributed by atoms with Gasteiger partial charge in [0.1, 0.15) is 18.1 Å². The van der Waals surface area contributed by atoms with Crippen LogP contribution in [0, 0.1) is 4.77 Å². The van der Waals surface area contributed by atoms with Gasteiger partial charge < -0.3 is 9.47 Å². The van der Waals surface area contributed by atoms with Crippen LogP contribution >= 0.6 is 23.8 Å². The summed E-state index contributed by atoms with van der Waals surface area (Å²) in [4.78, 5) is 0. The third-order valence-electron chi connectivity index (χ3n) is 3.32. The summed E-state index contributed by atoms with van der Waals surface area (Å²) in [5, 5.41) is 11.9. The Balaban J connectivity index is 1.75. The second-order valence-corrected chi connectivity index (χ2v) is 5.84. The molecule has 2 aromatic carbocycles. The Labute approximate surface area is 154 Å². The van der Waals surface area contributed by atoms with E-state index in [1.165, 1.54) is 4.68 Å². The number of ether oxygens (including phenoxy) is 2. The molecule has 0 unspecified atom stereocenters. The normalized spacial score (nSPS) is 11.0. The van der Waals surface area contributed by atoms with Gasteiger partial charge in [-0.15, -0.1) is 0 Å². The van der Waals surface area contributed by atoms with E-state index >= 15 is 0 Å². The number of benzene rings is 2. The first kappa shape index (κ1) is 17.2. The van der Waals surface area contributed by atoms with Crippen LogP contribution in [0.3, 0.4) is 0 Å². The van der Waals surface area contributed by atoms with Crippen LogP contribution in [0.1, 0.15) is 11.4 Å². The molecule has 6 nitrogen and oxygen atoms in total. The van der Waals surface area contributed by atoms with Gasteiger partial charge in [-0.25, -0.2) is 5.10 Å². The first-order valence-electron chi connectivity index (χ1n) is 7.39. The SMILES string of the molecule is COc1cccc(/C=N\n2c(COc3ccc(Cl)cc3)n[nH]c2=S)c1. The summed E-state index contributed by atoms with van der Waals surface area (Å²) in [6.07, 6.45) is 1.68. The molecule has 25 heavy (non-hydrogen) atoms. The van der Waals surface area contributed by atoms with Gasteiger partial charge in [-0.2, -0.15) is 14.9 Å². The van der Waals surface area contributed by atoms with E-state index < -0.39 is 0 Å². The quantitative estimate of drug-likeness (QED) is 0.522. The van der Waals surface area contributed by atoms with Crippen molar-refractivity contribution in [1.82, 2.24) is 14.9 Å². The number of halogens is 1. The first-order chi connectivity index (χ1) is 12.2. The zero-order valence-electron chi connectivity index (χ0n) is 13.3. The molecule has 0 radical (unpaired) electrons. The van der Waals surface area contributed by atoms with Crippen molar-refractivity contribution in [3.8, 4) is 11.5 Å². The van der Waals surface area contributed by atoms with E-state index in [-0.39, 0.29) is 6.61 Å². The fourth-order valence-corrected chi connectivity index (χ4v) is 2.39. The van der Waals surface area contributed by atoms with Crippen molar-refractivity contribution in [2.45, 2.75) is 6.61 Å². The van der Waals surface area contributed by atoms with Crippen molar-refractivity contribution in [2.24, 2.45) is 5.10 Å². The highest BCUT2D eigenvalue weighted by Crippen LogP contribution is 2.16. The van der Waals surface area contributed by atoms with Crippen molar-refractivity contribution in [1.29, 1.82) is 0 Å². The van der Waals surface area contributed by atoms with Gasteiger partial charge in [0.2, 0.25) is 4.77 Å². The van der Waals surface area contributed by atoms with Gasteiger partial charge in [0.25, 0.3) is 0 Å². The third kappa shape index (κ3) is 4.46. The summed E-state index contributed by atoms with van der Waals surface area (Å²) in [6, 6.07) is 14.6. The molecule has 128 valence electrons. The number of rotatable bonds is 6. The molecular formula is C17H15ClN4O2S. The average molecular weight is 375 g/mol. The number of H-pyrrole nitrogens is 1. The molecule has 1 heterocycles. The molecule has 0 saturated carbocycles. The predicted octanol–water partition coefficient (Wildman–Crippen LogP) is 4.06. The maximum absolute atomic E-state index is 5.86. The molecule has 0 spiro atoms. The van der Waals surface area contributed by atoms with Crippen LogP contribution in [0.25, 0.3) is 0 Å². The summed E-state index contributed by atoms with van der Waals surface area (Å²) in [6.45, 7) is 0.213. The van der Waals surface area contributed by atoms with Crippen LogP contribution in [0.15, 0.2) is 53.6 Å². The average Bonchev–Trinajstić information content (AvgIpc) is 2.99. The molecule has 0 fully saturated rings. The highest BCUT2D eigenvalue weighted by Gasteiger charge is 2.06. The second-order valence-electron chi connectivity index (χ2n) is 5.02. The van der Waals surface area contributed by atoms with Gasteiger partial charge in [-0.1, -0.05) is 23.7 Å². The van der Waals surface area contributed by atoms with Crippen molar-refractivity contribution in [2.75, 3.05) is 7.11 Å². The number of methoxy groups -OCH3 is 1. The summed E-state index contributed by atoms with van der Waals surface area (Å²) < 4.78 is 12.8. The summed E-state index contributed by atoms with van der Waals surface area (Å²) in [5.41, 5.74) is 0.881. The smallest absolute Gasteiger partial charge is 0.216 e. The molecule has 1 aromatic heterocycles. The van der Waals surface area contributed by atoms with Crippen LogP contribution in [-0.4, -0.2) is 28.2 Å². The lowest BCUT2D eigenvalue weighted by Gasteiger charge is -2.05.